The maximum absolute atomic E-state index is 11.0. The molecule has 80 valence electrons. The fourth-order valence-corrected chi connectivity index (χ4v) is 1.17. The summed E-state index contributed by atoms with van der Waals surface area (Å²) in [5, 5.41) is 8.99. The molecule has 0 saturated heterocycles. The lowest BCUT2D eigenvalue weighted by Gasteiger charge is -2.23. The van der Waals surface area contributed by atoms with Gasteiger partial charge in [0.2, 0.25) is 0 Å². The van der Waals surface area contributed by atoms with Crippen LogP contribution in [0.1, 0.15) is 5.56 Å². The molecule has 1 aromatic rings. The second-order valence-corrected chi connectivity index (χ2v) is 3.05. The first-order chi connectivity index (χ1) is 7.11. The molecule has 3 N–H and O–H groups in total. The Balaban J connectivity index is 3.01. The quantitative estimate of drug-likeness (QED) is 0.671. The smallest absolute Gasteiger partial charge is 0.331 e. The van der Waals surface area contributed by atoms with E-state index in [9.17, 15) is 9.59 Å². The molecule has 0 fully saturated rings. The molecule has 0 saturated carbocycles. The Morgan fingerprint density at radius 2 is 2.07 bits per heavy atom. The lowest BCUT2D eigenvalue weighted by atomic mass is 9.92. The largest absolute Gasteiger partial charge is 0.480 e. The number of aliphatic carboxylic acids is 1. The minimum atomic E-state index is -1.69. The van der Waals surface area contributed by atoms with Crippen molar-refractivity contribution in [2.75, 3.05) is 6.61 Å². The molecule has 0 aliphatic heterocycles. The Morgan fingerprint density at radius 3 is 2.53 bits per heavy atom. The minimum absolute atomic E-state index is 0.174. The molecule has 15 heavy (non-hydrogen) atoms. The number of carbonyl (C=O) groups excluding carboxylic acids is 1. The molecule has 0 heterocycles. The highest BCUT2D eigenvalue weighted by Crippen LogP contribution is 2.18. The van der Waals surface area contributed by atoms with E-state index in [-0.39, 0.29) is 6.47 Å². The third-order valence-electron chi connectivity index (χ3n) is 2.05. The highest BCUT2D eigenvalue weighted by Gasteiger charge is 2.36. The summed E-state index contributed by atoms with van der Waals surface area (Å²) in [7, 11) is 0. The molecule has 0 unspecified atom stereocenters. The fraction of sp³-hybridized carbons (Fsp3) is 0.200. The molecular formula is C10H11NO4. The lowest BCUT2D eigenvalue weighted by Crippen LogP contribution is -2.48. The molecule has 0 spiro atoms. The van der Waals surface area contributed by atoms with Crippen LogP contribution in [0.4, 0.5) is 0 Å². The van der Waals surface area contributed by atoms with Crippen LogP contribution in [0.2, 0.25) is 0 Å². The van der Waals surface area contributed by atoms with Crippen LogP contribution in [0.15, 0.2) is 30.3 Å². The zero-order valence-corrected chi connectivity index (χ0v) is 7.92. The van der Waals surface area contributed by atoms with Crippen LogP contribution < -0.4 is 5.73 Å². The number of hydrogen-bond acceptors (Lipinski definition) is 4. The molecule has 5 nitrogen and oxygen atoms in total. The predicted octanol–water partition coefficient (Wildman–Crippen LogP) is 0.0982. The molecule has 0 aromatic heterocycles. The number of hydrogen-bond donors (Lipinski definition) is 2. The topological polar surface area (TPSA) is 89.6 Å². The first-order valence-corrected chi connectivity index (χ1v) is 4.24. The Bertz CT molecular complexity index is 352. The molecule has 5 heteroatoms. The Morgan fingerprint density at radius 1 is 1.47 bits per heavy atom. The third kappa shape index (κ3) is 2.32. The van der Waals surface area contributed by atoms with E-state index in [1.807, 2.05) is 0 Å². The van der Waals surface area contributed by atoms with E-state index >= 15 is 0 Å². The first kappa shape index (κ1) is 11.2. The summed E-state index contributed by atoms with van der Waals surface area (Å²) in [6.07, 6.45) is 0. The van der Waals surface area contributed by atoms with E-state index in [0.29, 0.717) is 5.56 Å². The van der Waals surface area contributed by atoms with Crippen molar-refractivity contribution in [1.29, 1.82) is 0 Å². The molecule has 0 bridgehead atoms. The van der Waals surface area contributed by atoms with Gasteiger partial charge in [0.1, 0.15) is 6.61 Å². The molecule has 0 aliphatic carbocycles. The van der Waals surface area contributed by atoms with Crippen LogP contribution >= 0.6 is 0 Å². The van der Waals surface area contributed by atoms with E-state index in [0.717, 1.165) is 0 Å². The molecule has 1 atom stereocenters. The van der Waals surface area contributed by atoms with Gasteiger partial charge in [0.15, 0.2) is 5.54 Å². The first-order valence-electron chi connectivity index (χ1n) is 4.24. The van der Waals surface area contributed by atoms with Gasteiger partial charge in [-0.3, -0.25) is 4.79 Å². The van der Waals surface area contributed by atoms with E-state index in [1.54, 1.807) is 30.3 Å². The maximum atomic E-state index is 11.0. The molecule has 1 rings (SSSR count). The highest BCUT2D eigenvalue weighted by molar-refractivity contribution is 5.80. The zero-order valence-electron chi connectivity index (χ0n) is 7.92. The summed E-state index contributed by atoms with van der Waals surface area (Å²) in [6.45, 7) is -0.219. The third-order valence-corrected chi connectivity index (χ3v) is 2.05. The SMILES string of the molecule is N[C@@](COC=O)(C(=O)O)c1ccccc1. The van der Waals surface area contributed by atoms with Crippen LogP contribution in [0.3, 0.4) is 0 Å². The lowest BCUT2D eigenvalue weighted by molar-refractivity contribution is -0.148. The van der Waals surface area contributed by atoms with Crippen LogP contribution in [-0.2, 0) is 19.9 Å². The van der Waals surface area contributed by atoms with Crippen molar-refractivity contribution in [2.45, 2.75) is 5.54 Å². The van der Waals surface area contributed by atoms with Crippen molar-refractivity contribution >= 4 is 12.4 Å². The van der Waals surface area contributed by atoms with Gasteiger partial charge in [-0.1, -0.05) is 30.3 Å². The van der Waals surface area contributed by atoms with Crippen LogP contribution in [-0.4, -0.2) is 24.2 Å². The second-order valence-electron chi connectivity index (χ2n) is 3.05. The normalized spacial score (nSPS) is 13.9. The maximum Gasteiger partial charge on any atom is 0.331 e. The Labute approximate surface area is 86.5 Å². The summed E-state index contributed by atoms with van der Waals surface area (Å²) < 4.78 is 4.43. The Hall–Kier alpha value is -1.88. The van der Waals surface area contributed by atoms with Crippen molar-refractivity contribution in [2.24, 2.45) is 5.73 Å². The van der Waals surface area contributed by atoms with Gasteiger partial charge < -0.3 is 15.6 Å². The van der Waals surface area contributed by atoms with Gasteiger partial charge in [-0.2, -0.15) is 0 Å². The average molecular weight is 209 g/mol. The zero-order chi connectivity index (χ0) is 11.3. The average Bonchev–Trinajstić information content (AvgIpc) is 2.27. The second kappa shape index (κ2) is 4.56. The van der Waals surface area contributed by atoms with E-state index in [1.165, 1.54) is 0 Å². The number of ether oxygens (including phenoxy) is 1. The van der Waals surface area contributed by atoms with Gasteiger partial charge in [-0.25, -0.2) is 4.79 Å². The minimum Gasteiger partial charge on any atom is -0.480 e. The van der Waals surface area contributed by atoms with E-state index in [4.69, 9.17) is 10.8 Å². The van der Waals surface area contributed by atoms with Crippen LogP contribution in [0, 0.1) is 0 Å². The molecule has 0 radical (unpaired) electrons. The van der Waals surface area contributed by atoms with Gasteiger partial charge in [0, 0.05) is 0 Å². The Kier molecular flexibility index (Phi) is 3.41. The summed E-state index contributed by atoms with van der Waals surface area (Å²) >= 11 is 0. The van der Waals surface area contributed by atoms with Gasteiger partial charge in [-0.15, -0.1) is 0 Å². The standard InChI is InChI=1S/C10H11NO4/c11-10(9(13)14,6-15-7-12)8-4-2-1-3-5-8/h1-5,7H,6,11H2,(H,13,14)/t10-/m1/s1. The highest BCUT2D eigenvalue weighted by atomic mass is 16.5. The number of benzene rings is 1. The fourth-order valence-electron chi connectivity index (χ4n) is 1.17. The van der Waals surface area contributed by atoms with Gasteiger partial charge in [0.05, 0.1) is 0 Å². The molecule has 1 aromatic carbocycles. The van der Waals surface area contributed by atoms with Crippen LogP contribution in [0.25, 0.3) is 0 Å². The predicted molar refractivity (Wildman–Crippen MR) is 52.0 cm³/mol. The van der Waals surface area contributed by atoms with Crippen molar-refractivity contribution < 1.29 is 19.4 Å². The molecule has 0 aliphatic rings. The molecule has 0 amide bonds. The summed E-state index contributed by atoms with van der Waals surface area (Å²) in [5.41, 5.74) is 4.36. The summed E-state index contributed by atoms with van der Waals surface area (Å²) in [4.78, 5) is 21.0. The number of carboxylic acid groups (broad SMARTS) is 1. The number of carbonyl (C=O) groups is 2. The van der Waals surface area contributed by atoms with E-state index in [2.05, 4.69) is 4.74 Å². The van der Waals surface area contributed by atoms with Crippen LogP contribution in [0.5, 0.6) is 0 Å². The van der Waals surface area contributed by atoms with Crippen molar-refractivity contribution in [3.63, 3.8) is 0 Å². The van der Waals surface area contributed by atoms with Gasteiger partial charge >= 0.3 is 5.97 Å². The number of nitrogens with two attached hydrogens (primary N) is 1. The van der Waals surface area contributed by atoms with Gasteiger partial charge in [0.25, 0.3) is 6.47 Å². The van der Waals surface area contributed by atoms with Crippen molar-refractivity contribution in [1.82, 2.24) is 0 Å². The van der Waals surface area contributed by atoms with Crippen molar-refractivity contribution in [3.8, 4) is 0 Å². The monoisotopic (exact) mass is 209 g/mol. The van der Waals surface area contributed by atoms with Crippen molar-refractivity contribution in [3.05, 3.63) is 35.9 Å². The summed E-state index contributed by atoms with van der Waals surface area (Å²) in [6, 6.07) is 8.22. The number of rotatable bonds is 5. The number of carboxylic acids is 1. The van der Waals surface area contributed by atoms with E-state index < -0.39 is 18.1 Å². The van der Waals surface area contributed by atoms with Gasteiger partial charge in [-0.05, 0) is 5.56 Å². The summed E-state index contributed by atoms with van der Waals surface area (Å²) in [5.74, 6) is -1.24. The molecular weight excluding hydrogens is 198 g/mol.